The number of rotatable bonds is 2. The SMILES string of the molecule is CNc1ccc(OC(C)=O)c(Cl)c1. The van der Waals surface area contributed by atoms with Crippen LogP contribution in [-0.2, 0) is 4.79 Å². The summed E-state index contributed by atoms with van der Waals surface area (Å²) in [4.78, 5) is 10.6. The maximum absolute atomic E-state index is 10.6. The van der Waals surface area contributed by atoms with Crippen molar-refractivity contribution >= 4 is 23.3 Å². The summed E-state index contributed by atoms with van der Waals surface area (Å²) in [5.41, 5.74) is 0.876. The minimum Gasteiger partial charge on any atom is -0.425 e. The predicted molar refractivity (Wildman–Crippen MR) is 52.3 cm³/mol. The summed E-state index contributed by atoms with van der Waals surface area (Å²) in [7, 11) is 1.79. The van der Waals surface area contributed by atoms with Gasteiger partial charge in [0.15, 0.2) is 0 Å². The molecule has 4 heteroatoms. The fourth-order valence-electron chi connectivity index (χ4n) is 0.894. The normalized spacial score (nSPS) is 9.46. The van der Waals surface area contributed by atoms with Crippen LogP contribution in [0.1, 0.15) is 6.92 Å². The first-order valence-electron chi connectivity index (χ1n) is 3.79. The quantitative estimate of drug-likeness (QED) is 0.587. The van der Waals surface area contributed by atoms with E-state index in [-0.39, 0.29) is 5.97 Å². The van der Waals surface area contributed by atoms with Gasteiger partial charge >= 0.3 is 5.97 Å². The molecule has 0 heterocycles. The van der Waals surface area contributed by atoms with Crippen molar-refractivity contribution in [2.75, 3.05) is 12.4 Å². The van der Waals surface area contributed by atoms with E-state index in [4.69, 9.17) is 16.3 Å². The molecule has 0 radical (unpaired) electrons. The van der Waals surface area contributed by atoms with Gasteiger partial charge in [0, 0.05) is 19.7 Å². The number of halogens is 1. The van der Waals surface area contributed by atoms with Crippen LogP contribution in [-0.4, -0.2) is 13.0 Å². The second kappa shape index (κ2) is 4.14. The monoisotopic (exact) mass is 199 g/mol. The molecule has 0 bridgehead atoms. The lowest BCUT2D eigenvalue weighted by Crippen LogP contribution is -2.01. The van der Waals surface area contributed by atoms with Crippen LogP contribution in [0.25, 0.3) is 0 Å². The molecule has 1 aromatic carbocycles. The highest BCUT2D eigenvalue weighted by atomic mass is 35.5. The Labute approximate surface area is 81.7 Å². The van der Waals surface area contributed by atoms with E-state index in [0.29, 0.717) is 10.8 Å². The molecule has 1 aromatic rings. The zero-order valence-electron chi connectivity index (χ0n) is 7.43. The molecule has 0 aliphatic carbocycles. The molecule has 13 heavy (non-hydrogen) atoms. The fraction of sp³-hybridized carbons (Fsp3) is 0.222. The standard InChI is InChI=1S/C9H10ClNO2/c1-6(12)13-9-4-3-7(11-2)5-8(9)10/h3-5,11H,1-2H3. The van der Waals surface area contributed by atoms with E-state index >= 15 is 0 Å². The van der Waals surface area contributed by atoms with Crippen molar-refractivity contribution < 1.29 is 9.53 Å². The average Bonchev–Trinajstić information content (AvgIpc) is 2.08. The maximum Gasteiger partial charge on any atom is 0.308 e. The lowest BCUT2D eigenvalue weighted by Gasteiger charge is -2.05. The Kier molecular flexibility index (Phi) is 3.14. The second-order valence-electron chi connectivity index (χ2n) is 2.49. The average molecular weight is 200 g/mol. The molecule has 1 N–H and O–H groups in total. The van der Waals surface area contributed by atoms with E-state index in [1.807, 2.05) is 0 Å². The van der Waals surface area contributed by atoms with Crippen LogP contribution < -0.4 is 10.1 Å². The maximum atomic E-state index is 10.6. The number of hydrogen-bond donors (Lipinski definition) is 1. The summed E-state index contributed by atoms with van der Waals surface area (Å²) in [6.45, 7) is 1.34. The highest BCUT2D eigenvalue weighted by Crippen LogP contribution is 2.27. The van der Waals surface area contributed by atoms with Crippen molar-refractivity contribution in [3.63, 3.8) is 0 Å². The van der Waals surface area contributed by atoms with Gasteiger partial charge in [-0.05, 0) is 18.2 Å². The minimum absolute atomic E-state index is 0.376. The van der Waals surface area contributed by atoms with Crippen molar-refractivity contribution in [2.45, 2.75) is 6.92 Å². The smallest absolute Gasteiger partial charge is 0.308 e. The molecule has 0 aliphatic rings. The number of hydrogen-bond acceptors (Lipinski definition) is 3. The van der Waals surface area contributed by atoms with Gasteiger partial charge in [-0.3, -0.25) is 4.79 Å². The van der Waals surface area contributed by atoms with Gasteiger partial charge < -0.3 is 10.1 Å². The Morgan fingerprint density at radius 3 is 2.69 bits per heavy atom. The van der Waals surface area contributed by atoms with Gasteiger partial charge in [0.05, 0.1) is 5.02 Å². The molecule has 0 aromatic heterocycles. The van der Waals surface area contributed by atoms with Crippen molar-refractivity contribution in [1.82, 2.24) is 0 Å². The molecule has 0 saturated heterocycles. The van der Waals surface area contributed by atoms with Crippen LogP contribution in [0, 0.1) is 0 Å². The minimum atomic E-state index is -0.376. The Bertz CT molecular complexity index is 325. The summed E-state index contributed by atoms with van der Waals surface area (Å²) in [6.07, 6.45) is 0. The van der Waals surface area contributed by atoms with E-state index in [1.54, 1.807) is 25.2 Å². The summed E-state index contributed by atoms with van der Waals surface area (Å²) in [6, 6.07) is 5.12. The van der Waals surface area contributed by atoms with E-state index in [2.05, 4.69) is 5.32 Å². The van der Waals surface area contributed by atoms with Crippen LogP contribution in [0.2, 0.25) is 5.02 Å². The van der Waals surface area contributed by atoms with Crippen molar-refractivity contribution in [3.05, 3.63) is 23.2 Å². The highest BCUT2D eigenvalue weighted by Gasteiger charge is 2.04. The molecule has 0 atom stereocenters. The number of esters is 1. The number of nitrogens with one attached hydrogen (secondary N) is 1. The van der Waals surface area contributed by atoms with E-state index in [9.17, 15) is 4.79 Å². The third kappa shape index (κ3) is 2.63. The predicted octanol–water partition coefficient (Wildman–Crippen LogP) is 2.31. The van der Waals surface area contributed by atoms with Crippen LogP contribution in [0.5, 0.6) is 5.75 Å². The van der Waals surface area contributed by atoms with E-state index in [1.165, 1.54) is 6.92 Å². The first-order valence-corrected chi connectivity index (χ1v) is 4.17. The molecule has 0 spiro atoms. The number of anilines is 1. The van der Waals surface area contributed by atoms with Gasteiger partial charge in [0.1, 0.15) is 5.75 Å². The third-order valence-electron chi connectivity index (χ3n) is 1.47. The van der Waals surface area contributed by atoms with Crippen molar-refractivity contribution in [1.29, 1.82) is 0 Å². The summed E-state index contributed by atoms with van der Waals surface area (Å²) in [5, 5.41) is 3.34. The number of carbonyl (C=O) groups excluding carboxylic acids is 1. The van der Waals surface area contributed by atoms with Gasteiger partial charge in [-0.25, -0.2) is 0 Å². The molecular formula is C9H10ClNO2. The Morgan fingerprint density at radius 2 is 2.23 bits per heavy atom. The fourth-order valence-corrected chi connectivity index (χ4v) is 1.11. The molecule has 70 valence electrons. The number of benzene rings is 1. The lowest BCUT2D eigenvalue weighted by atomic mass is 10.3. The van der Waals surface area contributed by atoms with Crippen LogP contribution in [0.15, 0.2) is 18.2 Å². The second-order valence-corrected chi connectivity index (χ2v) is 2.90. The van der Waals surface area contributed by atoms with Crippen LogP contribution >= 0.6 is 11.6 Å². The zero-order valence-corrected chi connectivity index (χ0v) is 8.18. The molecule has 0 saturated carbocycles. The number of ether oxygens (including phenoxy) is 1. The molecule has 1 rings (SSSR count). The highest BCUT2D eigenvalue weighted by molar-refractivity contribution is 6.32. The summed E-state index contributed by atoms with van der Waals surface area (Å²) < 4.78 is 4.85. The Morgan fingerprint density at radius 1 is 1.54 bits per heavy atom. The van der Waals surface area contributed by atoms with Crippen LogP contribution in [0.3, 0.4) is 0 Å². The van der Waals surface area contributed by atoms with E-state index in [0.717, 1.165) is 5.69 Å². The van der Waals surface area contributed by atoms with Gasteiger partial charge in [0.2, 0.25) is 0 Å². The molecule has 0 amide bonds. The van der Waals surface area contributed by atoms with E-state index < -0.39 is 0 Å². The molecular weight excluding hydrogens is 190 g/mol. The van der Waals surface area contributed by atoms with Gasteiger partial charge in [-0.1, -0.05) is 11.6 Å². The number of carbonyl (C=O) groups is 1. The Hall–Kier alpha value is -1.22. The summed E-state index contributed by atoms with van der Waals surface area (Å²) in [5.74, 6) is 0.00674. The molecule has 0 aliphatic heterocycles. The first-order chi connectivity index (χ1) is 6.13. The molecule has 0 fully saturated rings. The summed E-state index contributed by atoms with van der Waals surface area (Å²) >= 11 is 5.84. The van der Waals surface area contributed by atoms with Gasteiger partial charge in [-0.15, -0.1) is 0 Å². The zero-order chi connectivity index (χ0) is 9.84. The molecule has 0 unspecified atom stereocenters. The van der Waals surface area contributed by atoms with Crippen molar-refractivity contribution in [3.8, 4) is 5.75 Å². The first kappa shape index (κ1) is 9.86. The van der Waals surface area contributed by atoms with Crippen molar-refractivity contribution in [2.24, 2.45) is 0 Å². The molecule has 3 nitrogen and oxygen atoms in total. The Balaban J connectivity index is 2.91. The third-order valence-corrected chi connectivity index (χ3v) is 1.77. The topological polar surface area (TPSA) is 38.3 Å². The largest absolute Gasteiger partial charge is 0.425 e. The van der Waals surface area contributed by atoms with Gasteiger partial charge in [0.25, 0.3) is 0 Å². The van der Waals surface area contributed by atoms with Crippen LogP contribution in [0.4, 0.5) is 5.69 Å². The lowest BCUT2D eigenvalue weighted by molar-refractivity contribution is -0.131. The van der Waals surface area contributed by atoms with Gasteiger partial charge in [-0.2, -0.15) is 0 Å².